The van der Waals surface area contributed by atoms with E-state index in [4.69, 9.17) is 5.73 Å². The Balaban J connectivity index is 2.62. The van der Waals surface area contributed by atoms with Gasteiger partial charge in [0.25, 0.3) is 0 Å². The van der Waals surface area contributed by atoms with E-state index in [-0.39, 0.29) is 5.91 Å². The van der Waals surface area contributed by atoms with Crippen LogP contribution in [0.2, 0.25) is 0 Å². The van der Waals surface area contributed by atoms with Gasteiger partial charge >= 0.3 is 0 Å². The lowest BCUT2D eigenvalue weighted by Gasteiger charge is -2.21. The van der Waals surface area contributed by atoms with E-state index < -0.39 is 0 Å². The van der Waals surface area contributed by atoms with Gasteiger partial charge in [-0.25, -0.2) is 0 Å². The number of benzene rings is 1. The Morgan fingerprint density at radius 3 is 2.76 bits per heavy atom. The minimum absolute atomic E-state index is 0.0428. The van der Waals surface area contributed by atoms with Gasteiger partial charge in [-0.15, -0.1) is 0 Å². The molecule has 0 aliphatic heterocycles. The second-order valence-corrected chi connectivity index (χ2v) is 4.04. The first-order chi connectivity index (χ1) is 8.19. The molecule has 0 unspecified atom stereocenters. The molecule has 17 heavy (non-hydrogen) atoms. The molecule has 4 heteroatoms. The van der Waals surface area contributed by atoms with Crippen molar-refractivity contribution in [2.24, 2.45) is 5.73 Å². The fraction of sp³-hybridized carbons (Fsp3) is 0.462. The summed E-state index contributed by atoms with van der Waals surface area (Å²) >= 11 is 0. The first-order valence-corrected chi connectivity index (χ1v) is 5.94. The molecule has 0 aliphatic carbocycles. The third-order valence-corrected chi connectivity index (χ3v) is 2.58. The summed E-state index contributed by atoms with van der Waals surface area (Å²) in [6, 6.07) is 7.87. The lowest BCUT2D eigenvalue weighted by atomic mass is 10.1. The molecule has 1 rings (SSSR count). The zero-order valence-corrected chi connectivity index (χ0v) is 10.6. The van der Waals surface area contributed by atoms with Crippen LogP contribution in [0.1, 0.15) is 18.9 Å². The predicted octanol–water partition coefficient (Wildman–Crippen LogP) is 1.11. The maximum Gasteiger partial charge on any atom is 0.239 e. The number of nitrogens with one attached hydrogen (secondary N) is 1. The van der Waals surface area contributed by atoms with Crippen molar-refractivity contribution < 1.29 is 4.79 Å². The van der Waals surface area contributed by atoms with E-state index >= 15 is 0 Å². The molecule has 0 radical (unpaired) electrons. The second kappa shape index (κ2) is 6.91. The average Bonchev–Trinajstić information content (AvgIpc) is 2.36. The lowest BCUT2D eigenvalue weighted by Crippen LogP contribution is -2.35. The Bertz CT molecular complexity index is 365. The minimum atomic E-state index is 0.0428. The summed E-state index contributed by atoms with van der Waals surface area (Å²) in [4.78, 5) is 13.5. The number of nitrogens with two attached hydrogens (primary N) is 1. The number of nitrogens with zero attached hydrogens (tertiary/aromatic N) is 1. The van der Waals surface area contributed by atoms with Crippen molar-refractivity contribution >= 4 is 11.6 Å². The molecule has 1 amide bonds. The molecule has 1 aromatic rings. The quantitative estimate of drug-likeness (QED) is 0.776. The van der Waals surface area contributed by atoms with Crippen molar-refractivity contribution in [2.75, 3.05) is 25.0 Å². The van der Waals surface area contributed by atoms with E-state index in [1.165, 1.54) is 0 Å². The highest BCUT2D eigenvalue weighted by molar-refractivity contribution is 5.81. The van der Waals surface area contributed by atoms with Crippen LogP contribution in [0.15, 0.2) is 24.3 Å². The van der Waals surface area contributed by atoms with Crippen LogP contribution in [-0.4, -0.2) is 26.0 Å². The van der Waals surface area contributed by atoms with E-state index in [1.54, 1.807) is 0 Å². The van der Waals surface area contributed by atoms with Crippen molar-refractivity contribution in [3.63, 3.8) is 0 Å². The van der Waals surface area contributed by atoms with Crippen LogP contribution in [0.3, 0.4) is 0 Å². The summed E-state index contributed by atoms with van der Waals surface area (Å²) in [6.45, 7) is 3.60. The Hall–Kier alpha value is -1.55. The molecule has 0 bridgehead atoms. The number of rotatable bonds is 6. The summed E-state index contributed by atoms with van der Waals surface area (Å²) in [5, 5.41) is 2.86. The first-order valence-electron chi connectivity index (χ1n) is 5.94. The normalized spacial score (nSPS) is 10.1. The highest BCUT2D eigenvalue weighted by Gasteiger charge is 2.09. The van der Waals surface area contributed by atoms with E-state index in [2.05, 4.69) is 5.32 Å². The number of carbonyl (C=O) groups excluding carboxylic acids is 1. The molecule has 0 fully saturated rings. The smallest absolute Gasteiger partial charge is 0.239 e. The van der Waals surface area contributed by atoms with Gasteiger partial charge in [-0.3, -0.25) is 4.79 Å². The van der Waals surface area contributed by atoms with Gasteiger partial charge in [0.1, 0.15) is 0 Å². The maximum absolute atomic E-state index is 11.6. The highest BCUT2D eigenvalue weighted by Crippen LogP contribution is 2.17. The fourth-order valence-corrected chi connectivity index (χ4v) is 1.68. The van der Waals surface area contributed by atoms with E-state index in [9.17, 15) is 4.79 Å². The Labute approximate surface area is 103 Å². The standard InChI is InChI=1S/C13H21N3O/c1-3-8-15-13(17)10-16(2)12-7-5-4-6-11(12)9-14/h4-7H,3,8-10,14H2,1-2H3,(H,15,17). The largest absolute Gasteiger partial charge is 0.365 e. The molecular weight excluding hydrogens is 214 g/mol. The van der Waals surface area contributed by atoms with Gasteiger partial charge in [0.2, 0.25) is 5.91 Å². The Kier molecular flexibility index (Phi) is 5.49. The van der Waals surface area contributed by atoms with Crippen molar-refractivity contribution in [3.05, 3.63) is 29.8 Å². The third kappa shape index (κ3) is 4.07. The molecule has 0 heterocycles. The molecule has 0 atom stereocenters. The molecule has 94 valence electrons. The van der Waals surface area contributed by atoms with Gasteiger partial charge in [-0.2, -0.15) is 0 Å². The van der Waals surface area contributed by atoms with Crippen LogP contribution >= 0.6 is 0 Å². The van der Waals surface area contributed by atoms with Gasteiger partial charge in [-0.05, 0) is 18.1 Å². The van der Waals surface area contributed by atoms with Gasteiger partial charge in [-0.1, -0.05) is 25.1 Å². The van der Waals surface area contributed by atoms with Crippen LogP contribution in [-0.2, 0) is 11.3 Å². The molecular formula is C13H21N3O. The average molecular weight is 235 g/mol. The zero-order valence-electron chi connectivity index (χ0n) is 10.6. The minimum Gasteiger partial charge on any atom is -0.365 e. The third-order valence-electron chi connectivity index (χ3n) is 2.58. The summed E-state index contributed by atoms with van der Waals surface area (Å²) in [5.41, 5.74) is 7.74. The van der Waals surface area contributed by atoms with Crippen LogP contribution in [0.5, 0.6) is 0 Å². The van der Waals surface area contributed by atoms with Crippen LogP contribution in [0, 0.1) is 0 Å². The molecule has 0 aliphatic rings. The SMILES string of the molecule is CCCNC(=O)CN(C)c1ccccc1CN. The van der Waals surface area contributed by atoms with Gasteiger partial charge in [0.15, 0.2) is 0 Å². The number of hydrogen-bond acceptors (Lipinski definition) is 3. The number of likely N-dealkylation sites (N-methyl/N-ethyl adjacent to an activating group) is 1. The van der Waals surface area contributed by atoms with Gasteiger partial charge < -0.3 is 16.0 Å². The second-order valence-electron chi connectivity index (χ2n) is 4.04. The van der Waals surface area contributed by atoms with Crippen molar-refractivity contribution in [2.45, 2.75) is 19.9 Å². The Morgan fingerprint density at radius 1 is 1.41 bits per heavy atom. The first kappa shape index (κ1) is 13.5. The summed E-state index contributed by atoms with van der Waals surface area (Å²) < 4.78 is 0. The fourth-order valence-electron chi connectivity index (χ4n) is 1.68. The lowest BCUT2D eigenvalue weighted by molar-refractivity contribution is -0.119. The number of anilines is 1. The summed E-state index contributed by atoms with van der Waals surface area (Å²) in [5.74, 6) is 0.0428. The van der Waals surface area contributed by atoms with Crippen molar-refractivity contribution in [1.82, 2.24) is 5.32 Å². The van der Waals surface area contributed by atoms with E-state index in [1.807, 2.05) is 43.1 Å². The van der Waals surface area contributed by atoms with Crippen molar-refractivity contribution in [3.8, 4) is 0 Å². The zero-order chi connectivity index (χ0) is 12.7. The number of amides is 1. The molecule has 3 N–H and O–H groups in total. The number of hydrogen-bond donors (Lipinski definition) is 2. The predicted molar refractivity (Wildman–Crippen MR) is 70.9 cm³/mol. The van der Waals surface area contributed by atoms with E-state index in [0.717, 1.165) is 24.2 Å². The highest BCUT2D eigenvalue weighted by atomic mass is 16.2. The molecule has 4 nitrogen and oxygen atoms in total. The Morgan fingerprint density at radius 2 is 2.12 bits per heavy atom. The van der Waals surface area contributed by atoms with E-state index in [0.29, 0.717) is 13.1 Å². The van der Waals surface area contributed by atoms with Crippen LogP contribution in [0.4, 0.5) is 5.69 Å². The molecule has 1 aromatic carbocycles. The monoisotopic (exact) mass is 235 g/mol. The number of para-hydroxylation sites is 1. The molecule has 0 spiro atoms. The van der Waals surface area contributed by atoms with Crippen LogP contribution in [0.25, 0.3) is 0 Å². The van der Waals surface area contributed by atoms with Gasteiger partial charge in [0, 0.05) is 25.8 Å². The molecule has 0 aromatic heterocycles. The van der Waals surface area contributed by atoms with Crippen molar-refractivity contribution in [1.29, 1.82) is 0 Å². The number of carbonyl (C=O) groups is 1. The van der Waals surface area contributed by atoms with Gasteiger partial charge in [0.05, 0.1) is 6.54 Å². The topological polar surface area (TPSA) is 58.4 Å². The maximum atomic E-state index is 11.6. The molecule has 0 saturated carbocycles. The summed E-state index contributed by atoms with van der Waals surface area (Å²) in [6.07, 6.45) is 0.953. The summed E-state index contributed by atoms with van der Waals surface area (Å²) in [7, 11) is 1.90. The molecule has 0 saturated heterocycles. The van der Waals surface area contributed by atoms with Crippen LogP contribution < -0.4 is 16.0 Å².